The van der Waals surface area contributed by atoms with Crippen molar-refractivity contribution in [1.82, 2.24) is 4.98 Å². The zero-order valence-electron chi connectivity index (χ0n) is 14.2. The molecule has 0 saturated carbocycles. The molecule has 128 valence electrons. The molecule has 0 fully saturated rings. The first-order valence-electron chi connectivity index (χ1n) is 8.01. The molecule has 6 heteroatoms. The van der Waals surface area contributed by atoms with Crippen LogP contribution in [0.4, 0.5) is 5.13 Å². The van der Waals surface area contributed by atoms with E-state index in [1.54, 1.807) is 0 Å². The summed E-state index contributed by atoms with van der Waals surface area (Å²) >= 11 is 1.32. The lowest BCUT2D eigenvalue weighted by Gasteiger charge is -2.10. The van der Waals surface area contributed by atoms with Gasteiger partial charge in [-0.1, -0.05) is 44.2 Å². The molecule has 0 aliphatic heterocycles. The summed E-state index contributed by atoms with van der Waals surface area (Å²) in [4.78, 5) is 29.3. The van der Waals surface area contributed by atoms with E-state index >= 15 is 0 Å². The molecule has 0 unspecified atom stereocenters. The summed E-state index contributed by atoms with van der Waals surface area (Å²) in [5.41, 5.74) is 1.63. The van der Waals surface area contributed by atoms with Crippen molar-refractivity contribution < 1.29 is 14.3 Å². The number of aromatic nitrogens is 1. The zero-order chi connectivity index (χ0) is 17.5. The van der Waals surface area contributed by atoms with Gasteiger partial charge < -0.3 is 10.1 Å². The number of ether oxygens (including phenoxy) is 1. The predicted octanol–water partition coefficient (Wildman–Crippen LogP) is 3.90. The zero-order valence-corrected chi connectivity index (χ0v) is 15.0. The van der Waals surface area contributed by atoms with E-state index in [9.17, 15) is 9.59 Å². The first kappa shape index (κ1) is 18.1. The van der Waals surface area contributed by atoms with Crippen LogP contribution in [0, 0.1) is 5.92 Å². The monoisotopic (exact) mass is 346 g/mol. The van der Waals surface area contributed by atoms with Gasteiger partial charge in [-0.3, -0.25) is 9.59 Å². The number of amides is 1. The fourth-order valence-corrected chi connectivity index (χ4v) is 3.39. The first-order chi connectivity index (χ1) is 11.6. The maximum absolute atomic E-state index is 12.3. The van der Waals surface area contributed by atoms with E-state index in [0.29, 0.717) is 10.8 Å². The third-order valence-corrected chi connectivity index (χ3v) is 4.83. The largest absolute Gasteiger partial charge is 0.469 e. The van der Waals surface area contributed by atoms with Crippen molar-refractivity contribution in [3.8, 4) is 11.3 Å². The molecule has 0 aliphatic carbocycles. The molecule has 0 aliphatic rings. The molecule has 1 aromatic carbocycles. The Labute approximate surface area is 146 Å². The van der Waals surface area contributed by atoms with Gasteiger partial charge in [0, 0.05) is 16.4 Å². The fourth-order valence-electron chi connectivity index (χ4n) is 2.42. The smallest absolute Gasteiger partial charge is 0.310 e. The van der Waals surface area contributed by atoms with Crippen LogP contribution in [-0.4, -0.2) is 24.0 Å². The Bertz CT molecular complexity index is 694. The van der Waals surface area contributed by atoms with Crippen molar-refractivity contribution >= 4 is 28.3 Å². The number of carbonyl (C=O) groups is 2. The maximum atomic E-state index is 12.3. The van der Waals surface area contributed by atoms with Gasteiger partial charge in [0.2, 0.25) is 5.91 Å². The molecule has 1 heterocycles. The molecular weight excluding hydrogens is 324 g/mol. The molecule has 0 spiro atoms. The number of anilines is 1. The number of esters is 1. The van der Waals surface area contributed by atoms with Crippen molar-refractivity contribution in [2.45, 2.75) is 33.1 Å². The maximum Gasteiger partial charge on any atom is 0.310 e. The second-order valence-electron chi connectivity index (χ2n) is 5.41. The topological polar surface area (TPSA) is 68.3 Å². The SMILES string of the molecule is CCC(CC)C(=O)Nc1nc(-c2ccccc2)c(CC(=O)OC)s1. The Balaban J connectivity index is 2.30. The van der Waals surface area contributed by atoms with Gasteiger partial charge in [0.05, 0.1) is 19.2 Å². The quantitative estimate of drug-likeness (QED) is 0.772. The van der Waals surface area contributed by atoms with Crippen LogP contribution < -0.4 is 5.32 Å². The second kappa shape index (κ2) is 8.59. The number of nitrogens with zero attached hydrogens (tertiary/aromatic N) is 1. The van der Waals surface area contributed by atoms with Gasteiger partial charge in [-0.2, -0.15) is 0 Å². The average Bonchev–Trinajstić information content (AvgIpc) is 2.98. The van der Waals surface area contributed by atoms with Crippen molar-refractivity contribution in [1.29, 1.82) is 0 Å². The molecule has 24 heavy (non-hydrogen) atoms. The molecule has 5 nitrogen and oxygen atoms in total. The summed E-state index contributed by atoms with van der Waals surface area (Å²) < 4.78 is 4.76. The van der Waals surface area contributed by atoms with Crippen LogP contribution >= 0.6 is 11.3 Å². The van der Waals surface area contributed by atoms with E-state index in [1.165, 1.54) is 18.4 Å². The van der Waals surface area contributed by atoms with E-state index < -0.39 is 0 Å². The summed E-state index contributed by atoms with van der Waals surface area (Å²) in [5.74, 6) is -0.384. The number of benzene rings is 1. The van der Waals surface area contributed by atoms with Crippen LogP contribution in [0.5, 0.6) is 0 Å². The van der Waals surface area contributed by atoms with Gasteiger partial charge in [0.15, 0.2) is 5.13 Å². The lowest BCUT2D eigenvalue weighted by atomic mass is 10.0. The van der Waals surface area contributed by atoms with Crippen LogP contribution in [0.15, 0.2) is 30.3 Å². The van der Waals surface area contributed by atoms with E-state index in [4.69, 9.17) is 4.74 Å². The molecule has 2 aromatic rings. The van der Waals surface area contributed by atoms with Gasteiger partial charge in [0.1, 0.15) is 0 Å². The predicted molar refractivity (Wildman–Crippen MR) is 96.0 cm³/mol. The first-order valence-corrected chi connectivity index (χ1v) is 8.83. The van der Waals surface area contributed by atoms with Crippen molar-refractivity contribution in [3.63, 3.8) is 0 Å². The summed E-state index contributed by atoms with van der Waals surface area (Å²) in [6.45, 7) is 3.99. The van der Waals surface area contributed by atoms with Gasteiger partial charge in [-0.25, -0.2) is 4.98 Å². The minimum absolute atomic E-state index is 0.0295. The molecule has 0 atom stereocenters. The molecule has 0 saturated heterocycles. The highest BCUT2D eigenvalue weighted by Gasteiger charge is 2.20. The molecule has 1 amide bonds. The highest BCUT2D eigenvalue weighted by Crippen LogP contribution is 2.32. The lowest BCUT2D eigenvalue weighted by Crippen LogP contribution is -2.21. The van der Waals surface area contributed by atoms with Crippen LogP contribution in [0.1, 0.15) is 31.6 Å². The Hall–Kier alpha value is -2.21. The Morgan fingerprint density at radius 2 is 1.88 bits per heavy atom. The van der Waals surface area contributed by atoms with Crippen LogP contribution in [-0.2, 0) is 20.7 Å². The average molecular weight is 346 g/mol. The summed E-state index contributed by atoms with van der Waals surface area (Å²) in [7, 11) is 1.36. The Morgan fingerprint density at radius 3 is 2.46 bits per heavy atom. The second-order valence-corrected chi connectivity index (χ2v) is 6.50. The molecule has 0 bridgehead atoms. The molecule has 2 rings (SSSR count). The van der Waals surface area contributed by atoms with Gasteiger partial charge >= 0.3 is 5.97 Å². The van der Waals surface area contributed by atoms with E-state index in [0.717, 1.165) is 23.3 Å². The Morgan fingerprint density at radius 1 is 1.21 bits per heavy atom. The number of carbonyl (C=O) groups excluding carboxylic acids is 2. The minimum atomic E-state index is -0.325. The number of methoxy groups -OCH3 is 1. The van der Waals surface area contributed by atoms with E-state index in [-0.39, 0.29) is 24.2 Å². The molecular formula is C18H22N2O3S. The standard InChI is InChI=1S/C18H22N2O3S/c1-4-12(5-2)17(22)20-18-19-16(13-9-7-6-8-10-13)14(24-18)11-15(21)23-3/h6-10,12H,4-5,11H2,1-3H3,(H,19,20,22). The summed E-state index contributed by atoms with van der Waals surface area (Å²) in [6, 6.07) is 9.62. The van der Waals surface area contributed by atoms with E-state index in [1.807, 2.05) is 44.2 Å². The highest BCUT2D eigenvalue weighted by atomic mass is 32.1. The number of rotatable bonds is 7. The normalized spacial score (nSPS) is 10.7. The Kier molecular flexibility index (Phi) is 6.49. The number of hydrogen-bond donors (Lipinski definition) is 1. The van der Waals surface area contributed by atoms with Gasteiger partial charge in [-0.05, 0) is 12.8 Å². The van der Waals surface area contributed by atoms with Crippen molar-refractivity contribution in [2.24, 2.45) is 5.92 Å². The molecule has 1 N–H and O–H groups in total. The third kappa shape index (κ3) is 4.41. The third-order valence-electron chi connectivity index (χ3n) is 3.86. The summed E-state index contributed by atoms with van der Waals surface area (Å²) in [6.07, 6.45) is 1.71. The fraction of sp³-hybridized carbons (Fsp3) is 0.389. The van der Waals surface area contributed by atoms with Crippen molar-refractivity contribution in [2.75, 3.05) is 12.4 Å². The number of nitrogens with one attached hydrogen (secondary N) is 1. The van der Waals surface area contributed by atoms with E-state index in [2.05, 4.69) is 10.3 Å². The lowest BCUT2D eigenvalue weighted by molar-refractivity contribution is -0.139. The molecule has 1 aromatic heterocycles. The summed E-state index contributed by atoms with van der Waals surface area (Å²) in [5, 5.41) is 3.40. The van der Waals surface area contributed by atoms with Crippen LogP contribution in [0.2, 0.25) is 0 Å². The minimum Gasteiger partial charge on any atom is -0.469 e. The molecule has 0 radical (unpaired) electrons. The van der Waals surface area contributed by atoms with Crippen LogP contribution in [0.3, 0.4) is 0 Å². The van der Waals surface area contributed by atoms with Crippen LogP contribution in [0.25, 0.3) is 11.3 Å². The van der Waals surface area contributed by atoms with Gasteiger partial charge in [-0.15, -0.1) is 11.3 Å². The van der Waals surface area contributed by atoms with Gasteiger partial charge in [0.25, 0.3) is 0 Å². The highest BCUT2D eigenvalue weighted by molar-refractivity contribution is 7.16. The van der Waals surface area contributed by atoms with Crippen molar-refractivity contribution in [3.05, 3.63) is 35.2 Å². The number of hydrogen-bond acceptors (Lipinski definition) is 5. The number of thiazole rings is 1.